The summed E-state index contributed by atoms with van der Waals surface area (Å²) >= 11 is 0. The first kappa shape index (κ1) is 23.9. The lowest BCUT2D eigenvalue weighted by Gasteiger charge is -2.26. The van der Waals surface area contributed by atoms with E-state index < -0.39 is 0 Å². The third kappa shape index (κ3) is 10.0. The predicted octanol–water partition coefficient (Wildman–Crippen LogP) is 3.10. The van der Waals surface area contributed by atoms with E-state index in [0.29, 0.717) is 17.5 Å². The lowest BCUT2D eigenvalue weighted by Crippen LogP contribution is -2.47. The number of guanidine groups is 1. The Bertz CT molecular complexity index is 357. The monoisotopic (exact) mass is 454 g/mol. The molecule has 144 valence electrons. The average Bonchev–Trinajstić information content (AvgIpc) is 2.94. The van der Waals surface area contributed by atoms with Gasteiger partial charge in [-0.2, -0.15) is 0 Å². The lowest BCUT2D eigenvalue weighted by molar-refractivity contribution is 0.141. The summed E-state index contributed by atoms with van der Waals surface area (Å²) in [5.41, 5.74) is 0.387. The van der Waals surface area contributed by atoms with E-state index in [9.17, 15) is 0 Å². The van der Waals surface area contributed by atoms with Crippen molar-refractivity contribution < 1.29 is 4.74 Å². The molecule has 0 aliphatic carbocycles. The molecule has 1 fully saturated rings. The molecular weight excluding hydrogens is 415 g/mol. The molecule has 0 amide bonds. The first-order valence-electron chi connectivity index (χ1n) is 9.06. The van der Waals surface area contributed by atoms with Crippen molar-refractivity contribution in [2.45, 2.75) is 65.5 Å². The first-order chi connectivity index (χ1) is 10.9. The molecule has 6 heteroatoms. The van der Waals surface area contributed by atoms with Gasteiger partial charge in [-0.3, -0.25) is 9.89 Å². The topological polar surface area (TPSA) is 48.9 Å². The van der Waals surface area contributed by atoms with Crippen LogP contribution in [0.15, 0.2) is 4.99 Å². The molecule has 1 aliphatic rings. The molecule has 1 saturated heterocycles. The molecule has 0 aromatic heterocycles. The minimum absolute atomic E-state index is 0. The maximum Gasteiger partial charge on any atom is 0.191 e. The number of nitrogens with zero attached hydrogens (tertiary/aromatic N) is 2. The molecule has 0 spiro atoms. The molecule has 1 rings (SSSR count). The number of aliphatic imine (C=N–C) groups is 1. The molecule has 0 saturated carbocycles. The van der Waals surface area contributed by atoms with Crippen molar-refractivity contribution in [1.82, 2.24) is 15.5 Å². The fourth-order valence-corrected chi connectivity index (χ4v) is 2.99. The molecule has 24 heavy (non-hydrogen) atoms. The van der Waals surface area contributed by atoms with E-state index in [-0.39, 0.29) is 24.0 Å². The fraction of sp³-hybridized carbons (Fsp3) is 0.944. The van der Waals surface area contributed by atoms with Gasteiger partial charge in [0.05, 0.1) is 6.61 Å². The minimum atomic E-state index is 0. The Kier molecular flexibility index (Phi) is 12.3. The molecule has 0 aromatic carbocycles. The summed E-state index contributed by atoms with van der Waals surface area (Å²) in [6.45, 7) is 13.1. The quantitative estimate of drug-likeness (QED) is 0.336. The molecule has 0 bridgehead atoms. The first-order valence-corrected chi connectivity index (χ1v) is 9.06. The number of halogens is 1. The van der Waals surface area contributed by atoms with Crippen molar-refractivity contribution >= 4 is 29.9 Å². The zero-order chi connectivity index (χ0) is 17.3. The SMILES string of the molecule is CN=C(NCC1CCCN1CCOC)NC(C)CCC(C)(C)C.I. The summed E-state index contributed by atoms with van der Waals surface area (Å²) in [5.74, 6) is 0.921. The third-order valence-electron chi connectivity index (χ3n) is 4.52. The number of rotatable bonds is 8. The standard InChI is InChI=1S/C18H38N4O.HI/c1-15(9-10-18(2,3)4)21-17(19-5)20-14-16-8-7-11-22(16)12-13-23-6;/h15-16H,7-14H2,1-6H3,(H2,19,20,21);1H. The number of hydrogen-bond acceptors (Lipinski definition) is 3. The van der Waals surface area contributed by atoms with E-state index in [1.54, 1.807) is 7.11 Å². The number of ether oxygens (including phenoxy) is 1. The van der Waals surface area contributed by atoms with Crippen LogP contribution in [0.1, 0.15) is 53.4 Å². The summed E-state index contributed by atoms with van der Waals surface area (Å²) in [5, 5.41) is 7.02. The Morgan fingerprint density at radius 1 is 1.38 bits per heavy atom. The Balaban J connectivity index is 0.00000529. The highest BCUT2D eigenvalue weighted by Gasteiger charge is 2.24. The van der Waals surface area contributed by atoms with Crippen molar-refractivity contribution in [3.63, 3.8) is 0 Å². The van der Waals surface area contributed by atoms with Crippen molar-refractivity contribution in [2.75, 3.05) is 40.4 Å². The zero-order valence-electron chi connectivity index (χ0n) is 16.5. The summed E-state index contributed by atoms with van der Waals surface area (Å²) < 4.78 is 5.21. The second kappa shape index (κ2) is 12.3. The maximum absolute atomic E-state index is 5.21. The Labute approximate surface area is 166 Å². The van der Waals surface area contributed by atoms with Crippen LogP contribution in [-0.2, 0) is 4.74 Å². The van der Waals surface area contributed by atoms with Gasteiger partial charge in [-0.05, 0) is 44.6 Å². The second-order valence-corrected chi connectivity index (χ2v) is 7.92. The van der Waals surface area contributed by atoms with Gasteiger partial charge in [0.1, 0.15) is 0 Å². The normalized spacial score (nSPS) is 20.6. The largest absolute Gasteiger partial charge is 0.383 e. The van der Waals surface area contributed by atoms with Gasteiger partial charge < -0.3 is 15.4 Å². The Hall–Kier alpha value is -0.0800. The van der Waals surface area contributed by atoms with Crippen LogP contribution in [0, 0.1) is 5.41 Å². The summed E-state index contributed by atoms with van der Waals surface area (Å²) in [6, 6.07) is 1.03. The Morgan fingerprint density at radius 2 is 2.08 bits per heavy atom. The third-order valence-corrected chi connectivity index (χ3v) is 4.52. The van der Waals surface area contributed by atoms with Gasteiger partial charge in [-0.25, -0.2) is 0 Å². The second-order valence-electron chi connectivity index (χ2n) is 7.92. The van der Waals surface area contributed by atoms with Crippen molar-refractivity contribution in [3.05, 3.63) is 0 Å². The molecular formula is C18H39IN4O. The number of hydrogen-bond donors (Lipinski definition) is 2. The van der Waals surface area contributed by atoms with E-state index in [1.807, 2.05) is 7.05 Å². The molecule has 0 aromatic rings. The van der Waals surface area contributed by atoms with Gasteiger partial charge in [-0.15, -0.1) is 24.0 Å². The van der Waals surface area contributed by atoms with Crippen molar-refractivity contribution in [3.8, 4) is 0 Å². The van der Waals surface area contributed by atoms with Gasteiger partial charge in [-0.1, -0.05) is 20.8 Å². The van der Waals surface area contributed by atoms with E-state index in [0.717, 1.165) is 32.1 Å². The minimum Gasteiger partial charge on any atom is -0.383 e. The van der Waals surface area contributed by atoms with E-state index in [1.165, 1.54) is 25.8 Å². The van der Waals surface area contributed by atoms with Gasteiger partial charge in [0.15, 0.2) is 5.96 Å². The van der Waals surface area contributed by atoms with Crippen LogP contribution in [0.25, 0.3) is 0 Å². The summed E-state index contributed by atoms with van der Waals surface area (Å²) in [4.78, 5) is 6.89. The lowest BCUT2D eigenvalue weighted by atomic mass is 9.89. The highest BCUT2D eigenvalue weighted by atomic mass is 127. The van der Waals surface area contributed by atoms with Crippen LogP contribution in [-0.4, -0.2) is 63.3 Å². The molecule has 0 radical (unpaired) electrons. The number of nitrogens with one attached hydrogen (secondary N) is 2. The number of likely N-dealkylation sites (tertiary alicyclic amines) is 1. The van der Waals surface area contributed by atoms with Gasteiger partial charge >= 0.3 is 0 Å². The fourth-order valence-electron chi connectivity index (χ4n) is 2.99. The summed E-state index contributed by atoms with van der Waals surface area (Å²) in [7, 11) is 3.62. The van der Waals surface area contributed by atoms with Crippen LogP contribution in [0.5, 0.6) is 0 Å². The van der Waals surface area contributed by atoms with Crippen LogP contribution in [0.4, 0.5) is 0 Å². The molecule has 5 nitrogen and oxygen atoms in total. The van der Waals surface area contributed by atoms with Crippen LogP contribution in [0.2, 0.25) is 0 Å². The Morgan fingerprint density at radius 3 is 2.67 bits per heavy atom. The number of methoxy groups -OCH3 is 1. The maximum atomic E-state index is 5.21. The van der Waals surface area contributed by atoms with E-state index in [4.69, 9.17) is 4.74 Å². The molecule has 1 heterocycles. The van der Waals surface area contributed by atoms with Crippen LogP contribution >= 0.6 is 24.0 Å². The zero-order valence-corrected chi connectivity index (χ0v) is 18.9. The van der Waals surface area contributed by atoms with E-state index >= 15 is 0 Å². The van der Waals surface area contributed by atoms with Crippen molar-refractivity contribution in [1.29, 1.82) is 0 Å². The van der Waals surface area contributed by atoms with Crippen LogP contribution in [0.3, 0.4) is 0 Å². The predicted molar refractivity (Wildman–Crippen MR) is 115 cm³/mol. The highest BCUT2D eigenvalue weighted by molar-refractivity contribution is 14.0. The van der Waals surface area contributed by atoms with Crippen molar-refractivity contribution in [2.24, 2.45) is 10.4 Å². The molecule has 1 aliphatic heterocycles. The smallest absolute Gasteiger partial charge is 0.191 e. The van der Waals surface area contributed by atoms with Crippen LogP contribution < -0.4 is 10.6 Å². The average molecular weight is 454 g/mol. The molecule has 2 N–H and O–H groups in total. The summed E-state index contributed by atoms with van der Waals surface area (Å²) in [6.07, 6.45) is 4.91. The highest BCUT2D eigenvalue weighted by Crippen LogP contribution is 2.21. The van der Waals surface area contributed by atoms with Gasteiger partial charge in [0.25, 0.3) is 0 Å². The van der Waals surface area contributed by atoms with Gasteiger partial charge in [0.2, 0.25) is 0 Å². The van der Waals surface area contributed by atoms with Gasteiger partial charge in [0, 0.05) is 39.3 Å². The molecule has 2 atom stereocenters. The molecule has 2 unspecified atom stereocenters. The van der Waals surface area contributed by atoms with E-state index in [2.05, 4.69) is 48.2 Å².